The fraction of sp³-hybridized carbons (Fsp3) is 0.583. The Morgan fingerprint density at radius 1 is 1.56 bits per heavy atom. The van der Waals surface area contributed by atoms with Crippen LogP contribution < -0.4 is 9.64 Å². The van der Waals surface area contributed by atoms with Crippen molar-refractivity contribution < 1.29 is 14.3 Å². The van der Waals surface area contributed by atoms with E-state index in [1.54, 1.807) is 12.4 Å². The minimum atomic E-state index is -0.263. The van der Waals surface area contributed by atoms with E-state index in [4.69, 9.17) is 9.47 Å². The van der Waals surface area contributed by atoms with Gasteiger partial charge in [-0.25, -0.2) is 4.79 Å². The van der Waals surface area contributed by atoms with Crippen LogP contribution in [0.1, 0.15) is 19.8 Å². The average molecular weight is 251 g/mol. The first-order valence-electron chi connectivity index (χ1n) is 6.05. The molecule has 1 aromatic rings. The molecule has 6 nitrogen and oxygen atoms in total. The summed E-state index contributed by atoms with van der Waals surface area (Å²) in [6.07, 6.45) is 4.94. The third kappa shape index (κ3) is 2.52. The van der Waals surface area contributed by atoms with Crippen LogP contribution in [-0.4, -0.2) is 42.2 Å². The molecule has 0 aromatic carbocycles. The summed E-state index contributed by atoms with van der Waals surface area (Å²) in [7, 11) is 1.40. The predicted octanol–water partition coefficient (Wildman–Crippen LogP) is 1.02. The maximum Gasteiger partial charge on any atom is 0.328 e. The van der Waals surface area contributed by atoms with E-state index in [1.165, 1.54) is 7.11 Å². The lowest BCUT2D eigenvalue weighted by Crippen LogP contribution is -2.37. The predicted molar refractivity (Wildman–Crippen MR) is 65.6 cm³/mol. The van der Waals surface area contributed by atoms with Crippen molar-refractivity contribution in [1.82, 2.24) is 9.97 Å². The van der Waals surface area contributed by atoms with Gasteiger partial charge in [0.1, 0.15) is 6.04 Å². The van der Waals surface area contributed by atoms with Crippen molar-refractivity contribution in [3.63, 3.8) is 0 Å². The van der Waals surface area contributed by atoms with Gasteiger partial charge in [0.05, 0.1) is 26.1 Å². The van der Waals surface area contributed by atoms with Crippen molar-refractivity contribution in [3.05, 3.63) is 12.4 Å². The van der Waals surface area contributed by atoms with E-state index in [-0.39, 0.29) is 12.0 Å². The van der Waals surface area contributed by atoms with Gasteiger partial charge in [-0.1, -0.05) is 0 Å². The molecule has 1 saturated heterocycles. The van der Waals surface area contributed by atoms with Gasteiger partial charge in [0.25, 0.3) is 0 Å². The molecular weight excluding hydrogens is 234 g/mol. The number of anilines is 1. The Hall–Kier alpha value is -1.85. The number of hydrogen-bond acceptors (Lipinski definition) is 6. The first kappa shape index (κ1) is 12.6. The van der Waals surface area contributed by atoms with Crippen LogP contribution in [0.2, 0.25) is 0 Å². The SMILES string of the molecule is CCOc1cncc(N2CCCC2C(=O)OC)n1. The topological polar surface area (TPSA) is 64.5 Å². The first-order valence-corrected chi connectivity index (χ1v) is 6.05. The standard InChI is InChI=1S/C12H17N3O3/c1-3-18-11-8-13-7-10(14-11)15-6-4-5-9(15)12(16)17-2/h7-9H,3-6H2,1-2H3. The molecule has 1 aromatic heterocycles. The summed E-state index contributed by atoms with van der Waals surface area (Å²) < 4.78 is 10.1. The van der Waals surface area contributed by atoms with E-state index in [0.717, 1.165) is 19.4 Å². The third-order valence-electron chi connectivity index (χ3n) is 2.91. The fourth-order valence-electron chi connectivity index (χ4n) is 2.12. The highest BCUT2D eigenvalue weighted by Crippen LogP contribution is 2.25. The maximum absolute atomic E-state index is 11.7. The third-order valence-corrected chi connectivity index (χ3v) is 2.91. The molecule has 2 heterocycles. The average Bonchev–Trinajstić information content (AvgIpc) is 2.88. The van der Waals surface area contributed by atoms with Gasteiger partial charge in [-0.15, -0.1) is 0 Å². The lowest BCUT2D eigenvalue weighted by atomic mass is 10.2. The molecule has 0 amide bonds. The summed E-state index contributed by atoms with van der Waals surface area (Å²) >= 11 is 0. The van der Waals surface area contributed by atoms with Gasteiger partial charge in [-0.3, -0.25) is 4.98 Å². The van der Waals surface area contributed by atoms with Gasteiger partial charge in [-0.2, -0.15) is 4.98 Å². The van der Waals surface area contributed by atoms with Gasteiger partial charge in [-0.05, 0) is 19.8 Å². The quantitative estimate of drug-likeness (QED) is 0.744. The zero-order valence-electron chi connectivity index (χ0n) is 10.6. The van der Waals surface area contributed by atoms with E-state index in [0.29, 0.717) is 18.3 Å². The van der Waals surface area contributed by atoms with Crippen LogP contribution in [-0.2, 0) is 9.53 Å². The summed E-state index contributed by atoms with van der Waals surface area (Å²) in [6.45, 7) is 3.21. The van der Waals surface area contributed by atoms with E-state index in [1.807, 2.05) is 11.8 Å². The molecule has 1 unspecified atom stereocenters. The van der Waals surface area contributed by atoms with Crippen LogP contribution in [0.5, 0.6) is 5.88 Å². The highest BCUT2D eigenvalue weighted by Gasteiger charge is 2.32. The Morgan fingerprint density at radius 3 is 3.11 bits per heavy atom. The second kappa shape index (κ2) is 5.66. The minimum Gasteiger partial charge on any atom is -0.477 e. The van der Waals surface area contributed by atoms with Gasteiger partial charge >= 0.3 is 5.97 Å². The van der Waals surface area contributed by atoms with E-state index in [9.17, 15) is 4.79 Å². The Balaban J connectivity index is 2.19. The molecule has 0 radical (unpaired) electrons. The van der Waals surface area contributed by atoms with Crippen LogP contribution in [0.4, 0.5) is 5.82 Å². The number of ether oxygens (including phenoxy) is 2. The number of nitrogens with zero attached hydrogens (tertiary/aromatic N) is 3. The van der Waals surface area contributed by atoms with Crippen molar-refractivity contribution in [1.29, 1.82) is 0 Å². The zero-order valence-corrected chi connectivity index (χ0v) is 10.6. The maximum atomic E-state index is 11.7. The fourth-order valence-corrected chi connectivity index (χ4v) is 2.12. The second-order valence-electron chi connectivity index (χ2n) is 4.02. The normalized spacial score (nSPS) is 18.8. The Bertz CT molecular complexity index is 425. The highest BCUT2D eigenvalue weighted by atomic mass is 16.5. The smallest absolute Gasteiger partial charge is 0.328 e. The second-order valence-corrected chi connectivity index (χ2v) is 4.02. The molecule has 0 spiro atoms. The zero-order chi connectivity index (χ0) is 13.0. The molecule has 1 aliphatic heterocycles. The monoisotopic (exact) mass is 251 g/mol. The van der Waals surface area contributed by atoms with Crippen LogP contribution in [0.15, 0.2) is 12.4 Å². The van der Waals surface area contributed by atoms with Crippen molar-refractivity contribution in [2.24, 2.45) is 0 Å². The molecular formula is C12H17N3O3. The van der Waals surface area contributed by atoms with Crippen molar-refractivity contribution in [2.45, 2.75) is 25.8 Å². The lowest BCUT2D eigenvalue weighted by Gasteiger charge is -2.23. The Kier molecular flexibility index (Phi) is 3.96. The van der Waals surface area contributed by atoms with Crippen LogP contribution in [0.25, 0.3) is 0 Å². The number of esters is 1. The van der Waals surface area contributed by atoms with Crippen molar-refractivity contribution in [3.8, 4) is 5.88 Å². The summed E-state index contributed by atoms with van der Waals surface area (Å²) in [5.74, 6) is 0.912. The van der Waals surface area contributed by atoms with Crippen LogP contribution >= 0.6 is 0 Å². The van der Waals surface area contributed by atoms with Gasteiger partial charge in [0, 0.05) is 6.54 Å². The number of aromatic nitrogens is 2. The van der Waals surface area contributed by atoms with E-state index in [2.05, 4.69) is 9.97 Å². The van der Waals surface area contributed by atoms with E-state index < -0.39 is 0 Å². The van der Waals surface area contributed by atoms with Crippen molar-refractivity contribution >= 4 is 11.8 Å². The lowest BCUT2D eigenvalue weighted by molar-refractivity contribution is -0.141. The van der Waals surface area contributed by atoms with Crippen molar-refractivity contribution in [2.75, 3.05) is 25.2 Å². The number of carbonyl (C=O) groups excluding carboxylic acids is 1. The first-order chi connectivity index (χ1) is 8.76. The Morgan fingerprint density at radius 2 is 2.39 bits per heavy atom. The van der Waals surface area contributed by atoms with Gasteiger partial charge in [0.15, 0.2) is 5.82 Å². The van der Waals surface area contributed by atoms with Crippen LogP contribution in [0.3, 0.4) is 0 Å². The number of hydrogen-bond donors (Lipinski definition) is 0. The molecule has 1 aliphatic rings. The molecule has 18 heavy (non-hydrogen) atoms. The van der Waals surface area contributed by atoms with Crippen LogP contribution in [0, 0.1) is 0 Å². The summed E-state index contributed by atoms with van der Waals surface area (Å²) in [5, 5.41) is 0. The molecule has 0 N–H and O–H groups in total. The summed E-state index contributed by atoms with van der Waals surface area (Å²) in [5.41, 5.74) is 0. The molecule has 1 fully saturated rings. The van der Waals surface area contributed by atoms with Gasteiger partial charge in [0.2, 0.25) is 5.88 Å². The van der Waals surface area contributed by atoms with E-state index >= 15 is 0 Å². The number of carbonyl (C=O) groups is 1. The molecule has 2 rings (SSSR count). The molecule has 98 valence electrons. The minimum absolute atomic E-state index is 0.226. The number of methoxy groups -OCH3 is 1. The molecule has 0 bridgehead atoms. The summed E-state index contributed by atoms with van der Waals surface area (Å²) in [6, 6.07) is -0.263. The summed E-state index contributed by atoms with van der Waals surface area (Å²) in [4.78, 5) is 22.0. The largest absolute Gasteiger partial charge is 0.477 e. The Labute approximate surface area is 106 Å². The molecule has 0 saturated carbocycles. The molecule has 6 heteroatoms. The molecule has 0 aliphatic carbocycles. The highest BCUT2D eigenvalue weighted by molar-refractivity contribution is 5.80. The molecule has 1 atom stereocenters. The number of rotatable bonds is 4. The van der Waals surface area contributed by atoms with Gasteiger partial charge < -0.3 is 14.4 Å².